The van der Waals surface area contributed by atoms with Crippen LogP contribution in [0.5, 0.6) is 0 Å². The van der Waals surface area contributed by atoms with Gasteiger partial charge < -0.3 is 10.2 Å². The molecule has 0 saturated heterocycles. The average molecular weight is 347 g/mol. The number of halogens is 1. The zero-order valence-corrected chi connectivity index (χ0v) is 14.5. The van der Waals surface area contributed by atoms with Crippen LogP contribution in [0, 0.1) is 0 Å². The topological polar surface area (TPSA) is 15.3 Å². The molecule has 0 fully saturated rings. The van der Waals surface area contributed by atoms with Crippen molar-refractivity contribution in [1.82, 2.24) is 5.32 Å². The lowest BCUT2D eigenvalue weighted by molar-refractivity contribution is 0.588. The predicted octanol–water partition coefficient (Wildman–Crippen LogP) is 4.58. The number of anilines is 1. The van der Waals surface area contributed by atoms with E-state index in [2.05, 4.69) is 95.6 Å². The summed E-state index contributed by atoms with van der Waals surface area (Å²) in [6, 6.07) is 17.6. The third-order valence-electron chi connectivity index (χ3n) is 3.44. The third-order valence-corrected chi connectivity index (χ3v) is 4.18. The lowest BCUT2D eigenvalue weighted by Gasteiger charge is -2.21. The molecule has 2 aromatic rings. The van der Waals surface area contributed by atoms with Crippen molar-refractivity contribution in [1.29, 1.82) is 0 Å². The smallest absolute Gasteiger partial charge is 0.0426 e. The van der Waals surface area contributed by atoms with Crippen molar-refractivity contribution in [3.63, 3.8) is 0 Å². The van der Waals surface area contributed by atoms with Crippen LogP contribution in [0.3, 0.4) is 0 Å². The lowest BCUT2D eigenvalue weighted by Crippen LogP contribution is -2.22. The van der Waals surface area contributed by atoms with Crippen molar-refractivity contribution in [2.75, 3.05) is 11.9 Å². The fraction of sp³-hybridized carbons (Fsp3) is 0.333. The molecule has 0 bridgehead atoms. The van der Waals surface area contributed by atoms with Crippen LogP contribution in [-0.2, 0) is 13.1 Å². The van der Waals surface area contributed by atoms with Crippen LogP contribution < -0.4 is 10.2 Å². The third kappa shape index (κ3) is 4.87. The minimum absolute atomic E-state index is 0.498. The first-order chi connectivity index (χ1) is 10.1. The maximum atomic E-state index is 3.68. The minimum atomic E-state index is 0.498. The maximum Gasteiger partial charge on any atom is 0.0426 e. The summed E-state index contributed by atoms with van der Waals surface area (Å²) in [6.45, 7) is 6.13. The van der Waals surface area contributed by atoms with E-state index in [0.717, 1.165) is 17.6 Å². The number of benzene rings is 2. The van der Waals surface area contributed by atoms with Gasteiger partial charge in [0.05, 0.1) is 0 Å². The van der Waals surface area contributed by atoms with E-state index in [1.807, 2.05) is 0 Å². The predicted molar refractivity (Wildman–Crippen MR) is 94.7 cm³/mol. The van der Waals surface area contributed by atoms with Gasteiger partial charge in [0.1, 0.15) is 0 Å². The van der Waals surface area contributed by atoms with Crippen LogP contribution in [0.1, 0.15) is 25.0 Å². The molecule has 112 valence electrons. The van der Waals surface area contributed by atoms with E-state index >= 15 is 0 Å². The lowest BCUT2D eigenvalue weighted by atomic mass is 10.1. The van der Waals surface area contributed by atoms with Crippen LogP contribution >= 0.6 is 15.9 Å². The van der Waals surface area contributed by atoms with E-state index in [-0.39, 0.29) is 0 Å². The van der Waals surface area contributed by atoms with Gasteiger partial charge in [0, 0.05) is 36.3 Å². The molecule has 0 heterocycles. The van der Waals surface area contributed by atoms with Crippen LogP contribution in [0.4, 0.5) is 5.69 Å². The van der Waals surface area contributed by atoms with E-state index in [9.17, 15) is 0 Å². The van der Waals surface area contributed by atoms with Gasteiger partial charge in [-0.3, -0.25) is 0 Å². The van der Waals surface area contributed by atoms with E-state index < -0.39 is 0 Å². The van der Waals surface area contributed by atoms with Crippen molar-refractivity contribution in [3.05, 3.63) is 64.1 Å². The Kier molecular flexibility index (Phi) is 5.83. The van der Waals surface area contributed by atoms with Crippen molar-refractivity contribution in [2.24, 2.45) is 0 Å². The SMILES string of the molecule is CC(C)NCc1ccc(N(C)Cc2ccccc2)cc1Br. The first-order valence-electron chi connectivity index (χ1n) is 7.33. The highest BCUT2D eigenvalue weighted by atomic mass is 79.9. The van der Waals surface area contributed by atoms with Crippen molar-refractivity contribution >= 4 is 21.6 Å². The summed E-state index contributed by atoms with van der Waals surface area (Å²) >= 11 is 3.68. The highest BCUT2D eigenvalue weighted by Gasteiger charge is 2.06. The Morgan fingerprint density at radius 2 is 1.81 bits per heavy atom. The average Bonchev–Trinajstić information content (AvgIpc) is 2.46. The van der Waals surface area contributed by atoms with Gasteiger partial charge in [0.2, 0.25) is 0 Å². The molecule has 2 aromatic carbocycles. The number of nitrogens with one attached hydrogen (secondary N) is 1. The van der Waals surface area contributed by atoms with Gasteiger partial charge >= 0.3 is 0 Å². The Bertz CT molecular complexity index is 567. The molecule has 0 spiro atoms. The highest BCUT2D eigenvalue weighted by Crippen LogP contribution is 2.24. The van der Waals surface area contributed by atoms with E-state index in [0.29, 0.717) is 6.04 Å². The summed E-state index contributed by atoms with van der Waals surface area (Å²) in [4.78, 5) is 2.26. The van der Waals surface area contributed by atoms with Gasteiger partial charge in [-0.05, 0) is 23.3 Å². The monoisotopic (exact) mass is 346 g/mol. The molecule has 0 unspecified atom stereocenters. The second kappa shape index (κ2) is 7.62. The molecule has 0 radical (unpaired) electrons. The van der Waals surface area contributed by atoms with Gasteiger partial charge in [-0.1, -0.05) is 66.2 Å². The summed E-state index contributed by atoms with van der Waals surface area (Å²) in [5.74, 6) is 0. The van der Waals surface area contributed by atoms with E-state index in [4.69, 9.17) is 0 Å². The molecule has 0 amide bonds. The Hall–Kier alpha value is -1.32. The summed E-state index contributed by atoms with van der Waals surface area (Å²) in [6.07, 6.45) is 0. The zero-order valence-electron chi connectivity index (χ0n) is 12.9. The van der Waals surface area contributed by atoms with Crippen molar-refractivity contribution < 1.29 is 0 Å². The molecule has 0 aliphatic rings. The summed E-state index contributed by atoms with van der Waals surface area (Å²) in [5, 5.41) is 3.45. The summed E-state index contributed by atoms with van der Waals surface area (Å²) in [5.41, 5.74) is 3.83. The van der Waals surface area contributed by atoms with E-state index in [1.165, 1.54) is 16.8 Å². The molecule has 3 heteroatoms. The highest BCUT2D eigenvalue weighted by molar-refractivity contribution is 9.10. The quantitative estimate of drug-likeness (QED) is 0.823. The van der Waals surface area contributed by atoms with Gasteiger partial charge in [-0.25, -0.2) is 0 Å². The van der Waals surface area contributed by atoms with E-state index in [1.54, 1.807) is 0 Å². The maximum absolute atomic E-state index is 3.68. The Labute approximate surface area is 136 Å². The van der Waals surface area contributed by atoms with Crippen LogP contribution in [0.2, 0.25) is 0 Å². The largest absolute Gasteiger partial charge is 0.370 e. The van der Waals surface area contributed by atoms with Crippen molar-refractivity contribution in [3.8, 4) is 0 Å². The van der Waals surface area contributed by atoms with Crippen molar-refractivity contribution in [2.45, 2.75) is 33.0 Å². The summed E-state index contributed by atoms with van der Waals surface area (Å²) < 4.78 is 1.16. The molecular weight excluding hydrogens is 324 g/mol. The second-order valence-corrected chi connectivity index (χ2v) is 6.51. The molecule has 2 nitrogen and oxygen atoms in total. The molecule has 0 aliphatic heterocycles. The number of nitrogens with zero attached hydrogens (tertiary/aromatic N) is 1. The molecule has 0 aliphatic carbocycles. The van der Waals surface area contributed by atoms with Crippen LogP contribution in [0.25, 0.3) is 0 Å². The summed E-state index contributed by atoms with van der Waals surface area (Å²) in [7, 11) is 2.13. The minimum Gasteiger partial charge on any atom is -0.370 e. The Balaban J connectivity index is 2.05. The fourth-order valence-corrected chi connectivity index (χ4v) is 2.69. The first kappa shape index (κ1) is 16.1. The number of rotatable bonds is 6. The Morgan fingerprint density at radius 3 is 2.43 bits per heavy atom. The standard InChI is InChI=1S/C18H23BrN2/c1-14(2)20-12-16-9-10-17(11-18(16)19)21(3)13-15-7-5-4-6-8-15/h4-11,14,20H,12-13H2,1-3H3. The second-order valence-electron chi connectivity index (χ2n) is 5.65. The molecule has 2 rings (SSSR count). The molecule has 1 N–H and O–H groups in total. The number of hydrogen-bond donors (Lipinski definition) is 1. The number of hydrogen-bond acceptors (Lipinski definition) is 2. The van der Waals surface area contributed by atoms with Gasteiger partial charge in [0.25, 0.3) is 0 Å². The van der Waals surface area contributed by atoms with Gasteiger partial charge in [-0.2, -0.15) is 0 Å². The molecule has 0 atom stereocenters. The first-order valence-corrected chi connectivity index (χ1v) is 8.12. The molecule has 0 saturated carbocycles. The molecule has 21 heavy (non-hydrogen) atoms. The van der Waals surface area contributed by atoms with Crippen LogP contribution in [0.15, 0.2) is 53.0 Å². The normalized spacial score (nSPS) is 10.9. The van der Waals surface area contributed by atoms with Gasteiger partial charge in [0.15, 0.2) is 0 Å². The zero-order chi connectivity index (χ0) is 15.2. The fourth-order valence-electron chi connectivity index (χ4n) is 2.18. The van der Waals surface area contributed by atoms with Crippen LogP contribution in [-0.4, -0.2) is 13.1 Å². The van der Waals surface area contributed by atoms with Gasteiger partial charge in [-0.15, -0.1) is 0 Å². The molecule has 0 aromatic heterocycles. The molecular formula is C18H23BrN2. The Morgan fingerprint density at radius 1 is 1.10 bits per heavy atom.